The maximum absolute atomic E-state index is 11.4. The fourth-order valence-corrected chi connectivity index (χ4v) is 2.33. The summed E-state index contributed by atoms with van der Waals surface area (Å²) in [4.78, 5) is 1.48. The van der Waals surface area contributed by atoms with Crippen molar-refractivity contribution in [1.82, 2.24) is 0 Å². The average Bonchev–Trinajstić information content (AvgIpc) is 2.22. The third kappa shape index (κ3) is 9.78. The van der Waals surface area contributed by atoms with Crippen molar-refractivity contribution in [3.63, 3.8) is 0 Å². The Hall–Kier alpha value is -0.860. The molecule has 0 radical (unpaired) electrons. The number of likely N-dealkylation sites (N-methyl/N-ethyl adjacent to an activating group) is 1. The number of hydrogen-bond acceptors (Lipinski definition) is 4. The summed E-state index contributed by atoms with van der Waals surface area (Å²) in [5, 5.41) is 0. The number of rotatable bonds is 4. The van der Waals surface area contributed by atoms with Gasteiger partial charge in [0.2, 0.25) is 0 Å². The second kappa shape index (κ2) is 8.30. The van der Waals surface area contributed by atoms with Crippen LogP contribution in [0.25, 0.3) is 4.13 Å². The zero-order valence-corrected chi connectivity index (χ0v) is 14.1. The molecule has 0 saturated heterocycles. The lowest BCUT2D eigenvalue weighted by atomic mass is 10.3. The minimum absolute atomic E-state index is 0.778. The van der Waals surface area contributed by atoms with E-state index in [0.717, 1.165) is 10.7 Å². The van der Waals surface area contributed by atoms with Crippen LogP contribution in [0.5, 0.6) is 0 Å². The molecule has 0 rings (SSSR count). The number of nitrogens with one attached hydrogen (secondary N) is 1. The van der Waals surface area contributed by atoms with E-state index in [1.54, 1.807) is 0 Å². The van der Waals surface area contributed by atoms with Crippen molar-refractivity contribution in [2.75, 3.05) is 20.6 Å². The first-order valence-corrected chi connectivity index (χ1v) is 8.50. The molecule has 0 atom stereocenters. The molecule has 23 heavy (non-hydrogen) atoms. The van der Waals surface area contributed by atoms with Gasteiger partial charge in [0.1, 0.15) is 0 Å². The van der Waals surface area contributed by atoms with E-state index < -0.39 is 31.1 Å². The lowest BCUT2D eigenvalue weighted by Crippen LogP contribution is -3.05. The van der Waals surface area contributed by atoms with E-state index in [4.69, 9.17) is 0 Å². The molecule has 14 heteroatoms. The van der Waals surface area contributed by atoms with Crippen LogP contribution in [-0.4, -0.2) is 48.5 Å². The average molecular weight is 394 g/mol. The molecule has 0 unspecified atom stereocenters. The summed E-state index contributed by atoms with van der Waals surface area (Å²) in [7, 11) is -9.14. The van der Waals surface area contributed by atoms with Crippen LogP contribution in [0.1, 0.15) is 13.8 Å². The Kier molecular flexibility index (Phi) is 8.80. The number of hydrogen-bond donors (Lipinski definition) is 1. The van der Waals surface area contributed by atoms with Crippen LogP contribution in [-0.2, 0) is 20.0 Å². The van der Waals surface area contributed by atoms with E-state index >= 15 is 0 Å². The van der Waals surface area contributed by atoms with Crippen molar-refractivity contribution in [2.24, 2.45) is 0 Å². The van der Waals surface area contributed by atoms with E-state index in [1.165, 1.54) is 10.5 Å². The topological polar surface area (TPSA) is 86.8 Å². The monoisotopic (exact) mass is 394 g/mol. The smallest absolute Gasteiger partial charge is 0.421 e. The summed E-state index contributed by atoms with van der Waals surface area (Å²) in [6.07, 6.45) is 2.25. The molecular formula is C9H16F6N2O4S2. The predicted octanol–water partition coefficient (Wildman–Crippen LogP) is 1.16. The second-order valence-corrected chi connectivity index (χ2v) is 8.03. The molecule has 0 amide bonds. The summed E-state index contributed by atoms with van der Waals surface area (Å²) in [5.74, 6) is 0. The molecule has 0 spiro atoms. The van der Waals surface area contributed by atoms with Crippen molar-refractivity contribution in [2.45, 2.75) is 24.9 Å². The molecule has 0 aliphatic heterocycles. The van der Waals surface area contributed by atoms with Gasteiger partial charge in [-0.1, -0.05) is 5.57 Å². The van der Waals surface area contributed by atoms with Crippen molar-refractivity contribution >= 4 is 20.0 Å². The van der Waals surface area contributed by atoms with Gasteiger partial charge in [-0.2, -0.15) is 26.3 Å². The number of halogens is 6. The van der Waals surface area contributed by atoms with Gasteiger partial charge in [0, 0.05) is 0 Å². The highest BCUT2D eigenvalue weighted by atomic mass is 32.3. The van der Waals surface area contributed by atoms with Crippen molar-refractivity contribution in [3.8, 4) is 0 Å². The zero-order chi connectivity index (χ0) is 19.3. The first-order chi connectivity index (χ1) is 9.83. The third-order valence-corrected chi connectivity index (χ3v) is 4.44. The Labute approximate surface area is 130 Å². The van der Waals surface area contributed by atoms with Crippen molar-refractivity contribution in [1.29, 1.82) is 0 Å². The van der Waals surface area contributed by atoms with E-state index in [-0.39, 0.29) is 0 Å². The van der Waals surface area contributed by atoms with Crippen LogP contribution in [0, 0.1) is 0 Å². The number of allylic oxidation sites excluding steroid dienone is 1. The largest absolute Gasteiger partial charge is 0.480 e. The lowest BCUT2D eigenvalue weighted by molar-refractivity contribution is -0.851. The molecule has 0 aromatic carbocycles. The normalized spacial score (nSPS) is 13.3. The molecule has 0 aromatic heterocycles. The van der Waals surface area contributed by atoms with Crippen molar-refractivity contribution < 1.29 is 48.1 Å². The molecule has 0 aromatic rings. The SMILES string of the molecule is CC(C)=CC[NH+](C)C.O=S(=O)([N-]S(=O)(=O)C(F)(F)F)C(F)(F)F. The van der Waals surface area contributed by atoms with Gasteiger partial charge >= 0.3 is 11.0 Å². The van der Waals surface area contributed by atoms with Gasteiger partial charge in [0.15, 0.2) is 20.0 Å². The fraction of sp³-hybridized carbons (Fsp3) is 0.778. The van der Waals surface area contributed by atoms with Gasteiger partial charge in [-0.3, -0.25) is 0 Å². The molecule has 0 aliphatic rings. The molecule has 0 heterocycles. The van der Waals surface area contributed by atoms with E-state index in [2.05, 4.69) is 34.0 Å². The molecular weight excluding hydrogens is 378 g/mol. The van der Waals surface area contributed by atoms with E-state index in [1.807, 2.05) is 0 Å². The maximum atomic E-state index is 11.4. The van der Waals surface area contributed by atoms with Gasteiger partial charge in [0.25, 0.3) is 0 Å². The first-order valence-electron chi connectivity index (χ1n) is 5.62. The van der Waals surface area contributed by atoms with Crippen LogP contribution < -0.4 is 4.90 Å². The Morgan fingerprint density at radius 1 is 0.913 bits per heavy atom. The van der Waals surface area contributed by atoms with Gasteiger partial charge in [0.05, 0.1) is 20.6 Å². The molecule has 0 fully saturated rings. The highest BCUT2D eigenvalue weighted by molar-refractivity contribution is 8.13. The lowest BCUT2D eigenvalue weighted by Gasteiger charge is -2.22. The van der Waals surface area contributed by atoms with Crippen molar-refractivity contribution in [3.05, 3.63) is 15.8 Å². The van der Waals surface area contributed by atoms with Gasteiger partial charge in [-0.05, 0) is 19.9 Å². The minimum Gasteiger partial charge on any atom is -0.421 e. The summed E-state index contributed by atoms with van der Waals surface area (Å²) in [6.45, 7) is 5.40. The quantitative estimate of drug-likeness (QED) is 0.573. The Morgan fingerprint density at radius 2 is 1.22 bits per heavy atom. The first kappa shape index (κ1) is 24.4. The van der Waals surface area contributed by atoms with Crippen LogP contribution in [0.4, 0.5) is 26.3 Å². The summed E-state index contributed by atoms with van der Waals surface area (Å²) in [5.41, 5.74) is -11.0. The zero-order valence-electron chi connectivity index (χ0n) is 12.4. The van der Waals surface area contributed by atoms with Gasteiger partial charge in [-0.15, -0.1) is 0 Å². The summed E-state index contributed by atoms with van der Waals surface area (Å²) in [6, 6.07) is 0. The molecule has 1 N–H and O–H groups in total. The second-order valence-electron chi connectivity index (χ2n) is 4.61. The molecule has 0 bridgehead atoms. The standard InChI is InChI=1S/C7H15N.C2F6NO4S2/c1-7(2)5-6-8(3)4;3-1(4,5)14(10,11)9-15(12,13)2(6,7)8/h5H,6H2,1-4H3;/q;-1/p+1. The highest BCUT2D eigenvalue weighted by Crippen LogP contribution is 2.36. The molecule has 0 saturated carbocycles. The van der Waals surface area contributed by atoms with Crippen LogP contribution in [0.3, 0.4) is 0 Å². The Morgan fingerprint density at radius 3 is 1.35 bits per heavy atom. The van der Waals surface area contributed by atoms with E-state index in [9.17, 15) is 43.2 Å². The number of sulfonamides is 2. The predicted molar refractivity (Wildman–Crippen MR) is 70.4 cm³/mol. The Balaban J connectivity index is 0. The molecule has 6 nitrogen and oxygen atoms in total. The van der Waals surface area contributed by atoms with Crippen LogP contribution in [0.15, 0.2) is 11.6 Å². The number of alkyl halides is 6. The van der Waals surface area contributed by atoms with Crippen LogP contribution in [0.2, 0.25) is 0 Å². The van der Waals surface area contributed by atoms with Gasteiger partial charge < -0.3 is 9.03 Å². The van der Waals surface area contributed by atoms with Crippen LogP contribution >= 0.6 is 0 Å². The molecule has 140 valence electrons. The summed E-state index contributed by atoms with van der Waals surface area (Å²) < 4.78 is 109. The maximum Gasteiger partial charge on any atom is 0.480 e. The number of nitrogens with zero attached hydrogens (tertiary/aromatic N) is 1. The highest BCUT2D eigenvalue weighted by Gasteiger charge is 2.46. The van der Waals surface area contributed by atoms with Gasteiger partial charge in [-0.25, -0.2) is 16.8 Å². The van der Waals surface area contributed by atoms with E-state index in [0.29, 0.717) is 0 Å². The third-order valence-electron chi connectivity index (χ3n) is 1.70. The fourth-order valence-electron chi connectivity index (χ4n) is 0.622. The molecule has 0 aliphatic carbocycles. The Bertz CT molecular complexity index is 559. The minimum atomic E-state index is -6.72. The number of quaternary nitrogens is 1. The summed E-state index contributed by atoms with van der Waals surface area (Å²) >= 11 is 0.